The number of unbranched alkanes of at least 4 members (excludes halogenated alkanes) is 14. The lowest BCUT2D eigenvalue weighted by atomic mass is 10.0. The fourth-order valence-electron chi connectivity index (χ4n) is 5.24. The number of ether oxygens (including phenoxy) is 2. The van der Waals surface area contributed by atoms with Gasteiger partial charge in [0.25, 0.3) is 5.56 Å². The number of aromatic nitrogens is 4. The minimum Gasteiger partial charge on any atom is -0.465 e. The van der Waals surface area contributed by atoms with Crippen molar-refractivity contribution in [3.05, 3.63) is 16.7 Å². The molecule has 0 aliphatic rings. The number of fused-ring (bicyclic) bond motifs is 1. The van der Waals surface area contributed by atoms with Crippen molar-refractivity contribution in [3.63, 3.8) is 0 Å². The van der Waals surface area contributed by atoms with E-state index in [1.165, 1.54) is 83.4 Å². The number of imidazole rings is 1. The summed E-state index contributed by atoms with van der Waals surface area (Å²) in [5.74, 6) is -0.547. The molecule has 0 aromatic carbocycles. The largest absolute Gasteiger partial charge is 0.465 e. The second-order valence-corrected chi connectivity index (χ2v) is 12.5. The standard InChI is InChI=1S/C34H60N6O5/c1-4-6-7-8-9-10-11-12-13-14-15-16-17-18-19-20-28(41)45-24-27(21-22-44-33(43)29(35)26(3)5-2)23-36-34-39-31-30(32(42)40-34)37-25-38-31/h25-27,29H,4-24,35H2,1-3H3,(H3,36,37,38,39,40,42)/t26-,27?,29-/m0/s1. The third-order valence-electron chi connectivity index (χ3n) is 8.62. The predicted octanol–water partition coefficient (Wildman–Crippen LogP) is 6.79. The van der Waals surface area contributed by atoms with E-state index in [9.17, 15) is 14.4 Å². The van der Waals surface area contributed by atoms with Gasteiger partial charge in [0, 0.05) is 18.9 Å². The van der Waals surface area contributed by atoms with Gasteiger partial charge in [-0.2, -0.15) is 4.98 Å². The number of hydrogen-bond acceptors (Lipinski definition) is 9. The van der Waals surface area contributed by atoms with Gasteiger partial charge in [-0.1, -0.05) is 117 Å². The number of anilines is 1. The van der Waals surface area contributed by atoms with E-state index in [-0.39, 0.29) is 42.5 Å². The first kappa shape index (κ1) is 38.2. The molecular formula is C34H60N6O5. The molecule has 1 unspecified atom stereocenters. The summed E-state index contributed by atoms with van der Waals surface area (Å²) in [4.78, 5) is 50.8. The number of rotatable bonds is 27. The van der Waals surface area contributed by atoms with Crippen molar-refractivity contribution < 1.29 is 19.1 Å². The minimum absolute atomic E-state index is 0.0236. The Morgan fingerprint density at radius 3 is 2.11 bits per heavy atom. The molecule has 0 aliphatic carbocycles. The third-order valence-corrected chi connectivity index (χ3v) is 8.62. The van der Waals surface area contributed by atoms with Crippen molar-refractivity contribution in [2.24, 2.45) is 17.6 Å². The minimum atomic E-state index is -0.672. The summed E-state index contributed by atoms with van der Waals surface area (Å²) in [5.41, 5.74) is 6.27. The SMILES string of the molecule is CCCCCCCCCCCCCCCCCC(=O)OCC(CCOC(=O)[C@@H](N)[C@@H](C)CC)CNc1nc2nc[nH]c2c(=O)[nH]1. The topological polar surface area (TPSA) is 165 Å². The van der Waals surface area contributed by atoms with Crippen LogP contribution in [0.1, 0.15) is 136 Å². The summed E-state index contributed by atoms with van der Waals surface area (Å²) in [5, 5.41) is 3.10. The van der Waals surface area contributed by atoms with E-state index < -0.39 is 12.0 Å². The number of nitrogens with zero attached hydrogens (tertiary/aromatic N) is 2. The summed E-state index contributed by atoms with van der Waals surface area (Å²) in [6.45, 7) is 6.81. The van der Waals surface area contributed by atoms with Crippen LogP contribution in [0.25, 0.3) is 11.2 Å². The van der Waals surface area contributed by atoms with Crippen molar-refractivity contribution in [2.45, 2.75) is 142 Å². The van der Waals surface area contributed by atoms with Crippen LogP contribution in [-0.4, -0.2) is 57.7 Å². The number of esters is 2. The maximum Gasteiger partial charge on any atom is 0.323 e. The Morgan fingerprint density at radius 2 is 1.51 bits per heavy atom. The Kier molecular flexibility index (Phi) is 19.9. The summed E-state index contributed by atoms with van der Waals surface area (Å²) < 4.78 is 11.0. The number of nitrogens with two attached hydrogens (primary N) is 1. The highest BCUT2D eigenvalue weighted by Crippen LogP contribution is 2.15. The molecule has 0 bridgehead atoms. The molecule has 5 N–H and O–H groups in total. The number of nitrogens with one attached hydrogen (secondary N) is 3. The van der Waals surface area contributed by atoms with Gasteiger partial charge in [0.15, 0.2) is 11.2 Å². The van der Waals surface area contributed by atoms with E-state index in [1.54, 1.807) is 0 Å². The van der Waals surface area contributed by atoms with E-state index in [0.717, 1.165) is 25.7 Å². The Bertz CT molecular complexity index is 1140. The van der Waals surface area contributed by atoms with Crippen LogP contribution in [0, 0.1) is 11.8 Å². The molecule has 0 spiro atoms. The summed E-state index contributed by atoms with van der Waals surface area (Å²) in [7, 11) is 0. The molecule has 0 radical (unpaired) electrons. The van der Waals surface area contributed by atoms with E-state index in [1.807, 2.05) is 13.8 Å². The molecular weight excluding hydrogens is 572 g/mol. The van der Waals surface area contributed by atoms with Crippen LogP contribution < -0.4 is 16.6 Å². The normalized spacial score (nSPS) is 13.4. The fraction of sp³-hybridized carbons (Fsp3) is 0.794. The molecule has 2 heterocycles. The van der Waals surface area contributed by atoms with E-state index >= 15 is 0 Å². The smallest absolute Gasteiger partial charge is 0.323 e. The molecule has 2 aromatic heterocycles. The number of hydrogen-bond donors (Lipinski definition) is 4. The number of H-pyrrole nitrogens is 2. The molecule has 256 valence electrons. The molecule has 11 heteroatoms. The van der Waals surface area contributed by atoms with Crippen molar-refractivity contribution >= 4 is 29.1 Å². The highest BCUT2D eigenvalue weighted by Gasteiger charge is 2.22. The van der Waals surface area contributed by atoms with Gasteiger partial charge in [0.05, 0.1) is 19.5 Å². The van der Waals surface area contributed by atoms with Gasteiger partial charge in [0.2, 0.25) is 5.95 Å². The molecule has 0 saturated carbocycles. The highest BCUT2D eigenvalue weighted by molar-refractivity contribution is 5.75. The van der Waals surface area contributed by atoms with Gasteiger partial charge in [-0.05, 0) is 18.8 Å². The lowest BCUT2D eigenvalue weighted by Crippen LogP contribution is -2.38. The highest BCUT2D eigenvalue weighted by atomic mass is 16.5. The van der Waals surface area contributed by atoms with Gasteiger partial charge < -0.3 is 25.5 Å². The second-order valence-electron chi connectivity index (χ2n) is 12.5. The van der Waals surface area contributed by atoms with Crippen LogP contribution >= 0.6 is 0 Å². The van der Waals surface area contributed by atoms with Crippen LogP contribution in [-0.2, 0) is 19.1 Å². The monoisotopic (exact) mass is 632 g/mol. The average molecular weight is 633 g/mol. The second kappa shape index (κ2) is 23.4. The van der Waals surface area contributed by atoms with Gasteiger partial charge in [-0.3, -0.25) is 19.4 Å². The quantitative estimate of drug-likeness (QED) is 0.0613. The molecule has 3 atom stereocenters. The molecule has 45 heavy (non-hydrogen) atoms. The van der Waals surface area contributed by atoms with Gasteiger partial charge >= 0.3 is 11.9 Å². The summed E-state index contributed by atoms with van der Waals surface area (Å²) in [6, 6.07) is -0.672. The van der Waals surface area contributed by atoms with Gasteiger partial charge in [-0.15, -0.1) is 0 Å². The Balaban J connectivity index is 1.65. The Labute approximate surface area is 269 Å². The summed E-state index contributed by atoms with van der Waals surface area (Å²) in [6.07, 6.45) is 22.2. The Hall–Kier alpha value is -2.95. The zero-order chi connectivity index (χ0) is 32.7. The maximum atomic E-state index is 12.5. The number of carbonyl (C=O) groups excluding carboxylic acids is 2. The fourth-order valence-corrected chi connectivity index (χ4v) is 5.24. The summed E-state index contributed by atoms with van der Waals surface area (Å²) >= 11 is 0. The van der Waals surface area contributed by atoms with Crippen molar-refractivity contribution in [2.75, 3.05) is 25.1 Å². The Morgan fingerprint density at radius 1 is 0.911 bits per heavy atom. The maximum absolute atomic E-state index is 12.5. The zero-order valence-corrected chi connectivity index (χ0v) is 28.2. The van der Waals surface area contributed by atoms with Crippen molar-refractivity contribution in [1.82, 2.24) is 19.9 Å². The van der Waals surface area contributed by atoms with E-state index in [0.29, 0.717) is 30.6 Å². The molecule has 0 aliphatic heterocycles. The van der Waals surface area contributed by atoms with E-state index in [4.69, 9.17) is 15.2 Å². The zero-order valence-electron chi connectivity index (χ0n) is 28.2. The van der Waals surface area contributed by atoms with Crippen molar-refractivity contribution in [1.29, 1.82) is 0 Å². The molecule has 0 saturated heterocycles. The lowest BCUT2D eigenvalue weighted by molar-refractivity contribution is -0.149. The molecule has 0 fully saturated rings. The van der Waals surface area contributed by atoms with Crippen LogP contribution in [0.3, 0.4) is 0 Å². The van der Waals surface area contributed by atoms with Crippen LogP contribution in [0.5, 0.6) is 0 Å². The van der Waals surface area contributed by atoms with Gasteiger partial charge in [0.1, 0.15) is 6.04 Å². The van der Waals surface area contributed by atoms with E-state index in [2.05, 4.69) is 32.2 Å². The van der Waals surface area contributed by atoms with Crippen LogP contribution in [0.2, 0.25) is 0 Å². The van der Waals surface area contributed by atoms with Crippen molar-refractivity contribution in [3.8, 4) is 0 Å². The van der Waals surface area contributed by atoms with Crippen LogP contribution in [0.4, 0.5) is 5.95 Å². The first-order valence-corrected chi connectivity index (χ1v) is 17.6. The number of aromatic amines is 2. The van der Waals surface area contributed by atoms with Gasteiger partial charge in [-0.25, -0.2) is 4.98 Å². The molecule has 0 amide bonds. The number of carbonyl (C=O) groups is 2. The molecule has 11 nitrogen and oxygen atoms in total. The average Bonchev–Trinajstić information content (AvgIpc) is 3.52. The first-order valence-electron chi connectivity index (χ1n) is 17.6. The van der Waals surface area contributed by atoms with Crippen LogP contribution in [0.15, 0.2) is 11.1 Å². The third kappa shape index (κ3) is 16.3. The molecule has 2 aromatic rings. The molecule has 2 rings (SSSR count). The lowest BCUT2D eigenvalue weighted by Gasteiger charge is -2.20. The predicted molar refractivity (Wildman–Crippen MR) is 180 cm³/mol. The first-order chi connectivity index (χ1) is 21.8.